The van der Waals surface area contributed by atoms with Crippen LogP contribution < -0.4 is 10.6 Å². The van der Waals surface area contributed by atoms with Gasteiger partial charge in [0.05, 0.1) is 6.04 Å². The second-order valence-corrected chi connectivity index (χ2v) is 5.44. The van der Waals surface area contributed by atoms with Crippen molar-refractivity contribution in [1.29, 1.82) is 0 Å². The number of benzene rings is 1. The highest BCUT2D eigenvalue weighted by Crippen LogP contribution is 2.17. The Kier molecular flexibility index (Phi) is 5.25. The smallest absolute Gasteiger partial charge is 0.315 e. The van der Waals surface area contributed by atoms with E-state index in [9.17, 15) is 4.79 Å². The fourth-order valence-corrected chi connectivity index (χ4v) is 2.67. The summed E-state index contributed by atoms with van der Waals surface area (Å²) in [6, 6.07) is 10.4. The Bertz CT molecular complexity index is 383. The lowest BCUT2D eigenvalue weighted by Gasteiger charge is -2.20. The van der Waals surface area contributed by atoms with E-state index in [0.717, 1.165) is 18.4 Å². The van der Waals surface area contributed by atoms with Crippen molar-refractivity contribution in [1.82, 2.24) is 10.6 Å². The average molecular weight is 260 g/mol. The van der Waals surface area contributed by atoms with E-state index < -0.39 is 0 Å². The Morgan fingerprint density at radius 3 is 2.37 bits per heavy atom. The lowest BCUT2D eigenvalue weighted by atomic mass is 10.1. The summed E-state index contributed by atoms with van der Waals surface area (Å²) in [6.07, 6.45) is 7.32. The zero-order chi connectivity index (χ0) is 13.5. The van der Waals surface area contributed by atoms with Crippen molar-refractivity contribution >= 4 is 6.03 Å². The molecule has 0 heterocycles. The molecule has 3 heteroatoms. The zero-order valence-electron chi connectivity index (χ0n) is 11.7. The molecule has 0 bridgehead atoms. The summed E-state index contributed by atoms with van der Waals surface area (Å²) in [5.41, 5.74) is 1.14. The molecule has 3 nitrogen and oxygen atoms in total. The summed E-state index contributed by atoms with van der Waals surface area (Å²) in [5.74, 6) is 0. The van der Waals surface area contributed by atoms with Crippen molar-refractivity contribution in [2.45, 2.75) is 57.5 Å². The predicted molar refractivity (Wildman–Crippen MR) is 78.0 cm³/mol. The highest BCUT2D eigenvalue weighted by Gasteiger charge is 2.16. The molecular weight excluding hydrogens is 236 g/mol. The van der Waals surface area contributed by atoms with Gasteiger partial charge in [0.25, 0.3) is 0 Å². The van der Waals surface area contributed by atoms with Gasteiger partial charge in [0, 0.05) is 6.04 Å². The molecule has 1 saturated carbocycles. The van der Waals surface area contributed by atoms with Crippen molar-refractivity contribution < 1.29 is 4.79 Å². The van der Waals surface area contributed by atoms with Crippen LogP contribution in [0.5, 0.6) is 0 Å². The Labute approximate surface area is 115 Å². The zero-order valence-corrected chi connectivity index (χ0v) is 11.7. The van der Waals surface area contributed by atoms with Crippen LogP contribution in [0.1, 0.15) is 57.1 Å². The second-order valence-electron chi connectivity index (χ2n) is 5.44. The molecule has 0 aromatic heterocycles. The highest BCUT2D eigenvalue weighted by atomic mass is 16.2. The topological polar surface area (TPSA) is 41.1 Å². The van der Waals surface area contributed by atoms with Crippen LogP contribution >= 0.6 is 0 Å². The maximum Gasteiger partial charge on any atom is 0.315 e. The lowest BCUT2D eigenvalue weighted by molar-refractivity contribution is 0.232. The third-order valence-electron chi connectivity index (χ3n) is 3.84. The average Bonchev–Trinajstić information content (AvgIpc) is 2.68. The van der Waals surface area contributed by atoms with E-state index in [1.54, 1.807) is 0 Å². The van der Waals surface area contributed by atoms with Crippen LogP contribution in [0.3, 0.4) is 0 Å². The van der Waals surface area contributed by atoms with Crippen molar-refractivity contribution in [3.63, 3.8) is 0 Å². The first-order valence-electron chi connectivity index (χ1n) is 7.37. The summed E-state index contributed by atoms with van der Waals surface area (Å²) < 4.78 is 0. The van der Waals surface area contributed by atoms with Gasteiger partial charge in [0.2, 0.25) is 0 Å². The SMILES string of the molecule is CC(NC(=O)NC1CCCCCC1)c1ccccc1. The minimum Gasteiger partial charge on any atom is -0.335 e. The van der Waals surface area contributed by atoms with Gasteiger partial charge in [0.1, 0.15) is 0 Å². The molecule has 0 radical (unpaired) electrons. The van der Waals surface area contributed by atoms with Crippen LogP contribution in [0, 0.1) is 0 Å². The number of hydrogen-bond donors (Lipinski definition) is 2. The number of hydrogen-bond acceptors (Lipinski definition) is 1. The number of carbonyl (C=O) groups is 1. The second kappa shape index (κ2) is 7.17. The molecule has 1 aromatic rings. The molecule has 1 unspecified atom stereocenters. The first-order chi connectivity index (χ1) is 9.25. The maximum atomic E-state index is 12.0. The molecule has 2 rings (SSSR count). The normalized spacial score (nSPS) is 18.4. The van der Waals surface area contributed by atoms with Crippen LogP contribution in [0.4, 0.5) is 4.79 Å². The van der Waals surface area contributed by atoms with Gasteiger partial charge in [-0.05, 0) is 25.3 Å². The van der Waals surface area contributed by atoms with Gasteiger partial charge in [-0.25, -0.2) is 4.79 Å². The van der Waals surface area contributed by atoms with Gasteiger partial charge >= 0.3 is 6.03 Å². The first kappa shape index (κ1) is 13.9. The highest BCUT2D eigenvalue weighted by molar-refractivity contribution is 5.74. The van der Waals surface area contributed by atoms with Gasteiger partial charge in [-0.15, -0.1) is 0 Å². The Morgan fingerprint density at radius 2 is 1.74 bits per heavy atom. The van der Waals surface area contributed by atoms with E-state index in [1.807, 2.05) is 37.3 Å². The predicted octanol–water partition coefficient (Wildman–Crippen LogP) is 3.77. The number of urea groups is 1. The Morgan fingerprint density at radius 1 is 1.11 bits per heavy atom. The molecule has 1 fully saturated rings. The van der Waals surface area contributed by atoms with Crippen molar-refractivity contribution in [2.75, 3.05) is 0 Å². The number of rotatable bonds is 3. The molecule has 2 amide bonds. The monoisotopic (exact) mass is 260 g/mol. The van der Waals surface area contributed by atoms with E-state index in [0.29, 0.717) is 6.04 Å². The summed E-state index contributed by atoms with van der Waals surface area (Å²) >= 11 is 0. The van der Waals surface area contributed by atoms with E-state index in [4.69, 9.17) is 0 Å². The largest absolute Gasteiger partial charge is 0.335 e. The molecule has 1 aliphatic rings. The summed E-state index contributed by atoms with van der Waals surface area (Å²) in [5, 5.41) is 6.12. The number of nitrogens with one attached hydrogen (secondary N) is 2. The fourth-order valence-electron chi connectivity index (χ4n) is 2.67. The molecule has 19 heavy (non-hydrogen) atoms. The van der Waals surface area contributed by atoms with Gasteiger partial charge in [-0.2, -0.15) is 0 Å². The van der Waals surface area contributed by atoms with E-state index >= 15 is 0 Å². The van der Waals surface area contributed by atoms with Crippen molar-refractivity contribution in [2.24, 2.45) is 0 Å². The number of carbonyl (C=O) groups excluding carboxylic acids is 1. The van der Waals surface area contributed by atoms with E-state index in [1.165, 1.54) is 25.7 Å². The van der Waals surface area contributed by atoms with Gasteiger partial charge in [0.15, 0.2) is 0 Å². The summed E-state index contributed by atoms with van der Waals surface area (Å²) in [4.78, 5) is 12.0. The summed E-state index contributed by atoms with van der Waals surface area (Å²) in [6.45, 7) is 2.02. The molecule has 0 aliphatic heterocycles. The summed E-state index contributed by atoms with van der Waals surface area (Å²) in [7, 11) is 0. The van der Waals surface area contributed by atoms with Crippen LogP contribution in [-0.4, -0.2) is 12.1 Å². The molecular formula is C16H24N2O. The third kappa shape index (κ3) is 4.58. The fraction of sp³-hybridized carbons (Fsp3) is 0.562. The van der Waals surface area contributed by atoms with Crippen molar-refractivity contribution in [3.05, 3.63) is 35.9 Å². The molecule has 2 N–H and O–H groups in total. The molecule has 1 atom stereocenters. The molecule has 0 saturated heterocycles. The molecule has 104 valence electrons. The Hall–Kier alpha value is -1.51. The van der Waals surface area contributed by atoms with Crippen molar-refractivity contribution in [3.8, 4) is 0 Å². The first-order valence-corrected chi connectivity index (χ1v) is 7.37. The van der Waals surface area contributed by atoms with Gasteiger partial charge in [-0.3, -0.25) is 0 Å². The molecule has 1 aromatic carbocycles. The Balaban J connectivity index is 1.80. The molecule has 0 spiro atoms. The van der Waals surface area contributed by atoms with Gasteiger partial charge in [-0.1, -0.05) is 56.0 Å². The maximum absolute atomic E-state index is 12.0. The minimum absolute atomic E-state index is 0.0387. The van der Waals surface area contributed by atoms with Crippen LogP contribution in [0.25, 0.3) is 0 Å². The van der Waals surface area contributed by atoms with E-state index in [-0.39, 0.29) is 12.1 Å². The quantitative estimate of drug-likeness (QED) is 0.798. The minimum atomic E-state index is -0.0387. The standard InChI is InChI=1S/C16H24N2O/c1-13(14-9-5-4-6-10-14)17-16(19)18-15-11-7-2-3-8-12-15/h4-6,9-10,13,15H,2-3,7-8,11-12H2,1H3,(H2,17,18,19). The van der Waals surface area contributed by atoms with E-state index in [2.05, 4.69) is 10.6 Å². The molecule has 1 aliphatic carbocycles. The van der Waals surface area contributed by atoms with Crippen LogP contribution in [0.15, 0.2) is 30.3 Å². The number of amides is 2. The third-order valence-corrected chi connectivity index (χ3v) is 3.84. The van der Waals surface area contributed by atoms with Gasteiger partial charge < -0.3 is 10.6 Å². The van der Waals surface area contributed by atoms with Crippen LogP contribution in [0.2, 0.25) is 0 Å². The van der Waals surface area contributed by atoms with Crippen LogP contribution in [-0.2, 0) is 0 Å². The lowest BCUT2D eigenvalue weighted by Crippen LogP contribution is -2.42.